The molecule has 1 aromatic carbocycles. The molecule has 0 saturated carbocycles. The van der Waals surface area contributed by atoms with E-state index in [0.29, 0.717) is 16.9 Å². The lowest BCUT2D eigenvalue weighted by atomic mass is 9.82. The summed E-state index contributed by atoms with van der Waals surface area (Å²) in [5.74, 6) is -3.07. The van der Waals surface area contributed by atoms with Crippen molar-refractivity contribution < 1.29 is 27.5 Å². The van der Waals surface area contributed by atoms with Crippen molar-refractivity contribution in [3.8, 4) is 0 Å². The number of piperidine rings is 1. The predicted octanol–water partition coefficient (Wildman–Crippen LogP) is 3.85. The van der Waals surface area contributed by atoms with Crippen LogP contribution in [0.5, 0.6) is 0 Å². The third-order valence-electron chi connectivity index (χ3n) is 4.23. The first kappa shape index (κ1) is 18.8. The summed E-state index contributed by atoms with van der Waals surface area (Å²) in [6, 6.07) is 4.61. The van der Waals surface area contributed by atoms with Gasteiger partial charge in [-0.15, -0.1) is 0 Å². The molecule has 1 aliphatic heterocycles. The zero-order valence-corrected chi connectivity index (χ0v) is 14.7. The maximum atomic E-state index is 13.1. The Morgan fingerprint density at radius 3 is 2.29 bits per heavy atom. The highest BCUT2D eigenvalue weighted by atomic mass is 79.9. The molecule has 132 valence electrons. The SMILES string of the molecule is COC(=O)[C@@H]1CC[C@@H](C)[C@H](c2ccc(Br)cc2)N1C(=O)C(F)(F)F. The van der Waals surface area contributed by atoms with E-state index in [9.17, 15) is 22.8 Å². The van der Waals surface area contributed by atoms with Crippen molar-refractivity contribution in [3.05, 3.63) is 34.3 Å². The number of ether oxygens (including phenoxy) is 1. The molecule has 0 aromatic heterocycles. The summed E-state index contributed by atoms with van der Waals surface area (Å²) in [6.07, 6.45) is -4.40. The third-order valence-corrected chi connectivity index (χ3v) is 4.76. The van der Waals surface area contributed by atoms with Gasteiger partial charge in [-0.3, -0.25) is 4.79 Å². The molecule has 4 nitrogen and oxygen atoms in total. The van der Waals surface area contributed by atoms with Crippen LogP contribution in [0.1, 0.15) is 31.4 Å². The molecule has 1 aliphatic rings. The number of benzene rings is 1. The molecule has 24 heavy (non-hydrogen) atoms. The maximum Gasteiger partial charge on any atom is 0.471 e. The van der Waals surface area contributed by atoms with E-state index < -0.39 is 30.1 Å². The van der Waals surface area contributed by atoms with Crippen LogP contribution in [-0.2, 0) is 14.3 Å². The van der Waals surface area contributed by atoms with Crippen molar-refractivity contribution in [2.45, 2.75) is 38.0 Å². The van der Waals surface area contributed by atoms with Crippen LogP contribution in [0, 0.1) is 5.92 Å². The number of hydrogen-bond donors (Lipinski definition) is 0. The lowest BCUT2D eigenvalue weighted by Crippen LogP contribution is -2.56. The lowest BCUT2D eigenvalue weighted by Gasteiger charge is -2.44. The summed E-state index contributed by atoms with van der Waals surface area (Å²) in [5, 5.41) is 0. The van der Waals surface area contributed by atoms with E-state index in [1.54, 1.807) is 31.2 Å². The van der Waals surface area contributed by atoms with Crippen molar-refractivity contribution in [1.82, 2.24) is 4.90 Å². The van der Waals surface area contributed by atoms with Crippen molar-refractivity contribution >= 4 is 27.8 Å². The molecule has 0 radical (unpaired) electrons. The number of likely N-dealkylation sites (tertiary alicyclic amines) is 1. The zero-order valence-electron chi connectivity index (χ0n) is 13.1. The molecule has 1 amide bonds. The standard InChI is InChI=1S/C16H17BrF3NO3/c1-9-3-8-12(14(22)24-2)21(15(23)16(18,19)20)13(9)10-4-6-11(17)7-5-10/h4-7,9,12-13H,3,8H2,1-2H3/t9-,12+,13-/m1/s1. The van der Waals surface area contributed by atoms with Gasteiger partial charge in [0.05, 0.1) is 13.2 Å². The van der Waals surface area contributed by atoms with Gasteiger partial charge in [0.15, 0.2) is 0 Å². The molecule has 0 aliphatic carbocycles. The molecule has 1 saturated heterocycles. The second-order valence-corrected chi connectivity index (χ2v) is 6.72. The number of halogens is 4. The van der Waals surface area contributed by atoms with E-state index in [1.807, 2.05) is 0 Å². The van der Waals surface area contributed by atoms with Gasteiger partial charge in [0.2, 0.25) is 0 Å². The Bertz CT molecular complexity index is 618. The second-order valence-electron chi connectivity index (χ2n) is 5.80. The first-order valence-corrected chi connectivity index (χ1v) is 8.19. The fraction of sp³-hybridized carbons (Fsp3) is 0.500. The molecule has 3 atom stereocenters. The van der Waals surface area contributed by atoms with Gasteiger partial charge in [0, 0.05) is 4.47 Å². The normalized spacial score (nSPS) is 24.6. The van der Waals surface area contributed by atoms with Gasteiger partial charge < -0.3 is 9.64 Å². The Labute approximate surface area is 146 Å². The highest BCUT2D eigenvalue weighted by molar-refractivity contribution is 9.10. The van der Waals surface area contributed by atoms with Crippen molar-refractivity contribution in [2.75, 3.05) is 7.11 Å². The van der Waals surface area contributed by atoms with Gasteiger partial charge in [-0.2, -0.15) is 13.2 Å². The summed E-state index contributed by atoms with van der Waals surface area (Å²) in [6.45, 7) is 1.77. The number of carbonyl (C=O) groups is 2. The van der Waals surface area contributed by atoms with Gasteiger partial charge in [-0.1, -0.05) is 35.0 Å². The van der Waals surface area contributed by atoms with Crippen molar-refractivity contribution in [2.24, 2.45) is 5.92 Å². The van der Waals surface area contributed by atoms with E-state index in [-0.39, 0.29) is 12.3 Å². The van der Waals surface area contributed by atoms with Crippen LogP contribution >= 0.6 is 15.9 Å². The number of amides is 1. The van der Waals surface area contributed by atoms with Gasteiger partial charge in [-0.05, 0) is 36.5 Å². The van der Waals surface area contributed by atoms with Gasteiger partial charge >= 0.3 is 18.1 Å². The number of hydrogen-bond acceptors (Lipinski definition) is 3. The minimum atomic E-state index is -5.06. The number of esters is 1. The highest BCUT2D eigenvalue weighted by Crippen LogP contribution is 2.41. The van der Waals surface area contributed by atoms with Gasteiger partial charge in [-0.25, -0.2) is 4.79 Å². The Morgan fingerprint density at radius 1 is 1.21 bits per heavy atom. The topological polar surface area (TPSA) is 46.6 Å². The second kappa shape index (κ2) is 7.13. The molecular formula is C16H17BrF3NO3. The Balaban J connectivity index is 2.51. The maximum absolute atomic E-state index is 13.1. The monoisotopic (exact) mass is 407 g/mol. The van der Waals surface area contributed by atoms with E-state index in [1.165, 1.54) is 0 Å². The van der Waals surface area contributed by atoms with Crippen molar-refractivity contribution in [1.29, 1.82) is 0 Å². The summed E-state index contributed by atoms with van der Waals surface area (Å²) < 4.78 is 44.7. The van der Waals surface area contributed by atoms with Crippen LogP contribution in [-0.4, -0.2) is 36.1 Å². The highest BCUT2D eigenvalue weighted by Gasteiger charge is 2.51. The van der Waals surface area contributed by atoms with Gasteiger partial charge in [0.1, 0.15) is 6.04 Å². The molecule has 0 unspecified atom stereocenters. The van der Waals surface area contributed by atoms with E-state index in [2.05, 4.69) is 20.7 Å². The molecule has 1 aromatic rings. The Morgan fingerprint density at radius 2 is 1.79 bits per heavy atom. The Hall–Kier alpha value is -1.57. The molecule has 8 heteroatoms. The number of methoxy groups -OCH3 is 1. The first-order valence-electron chi connectivity index (χ1n) is 7.39. The largest absolute Gasteiger partial charge is 0.471 e. The fourth-order valence-electron chi connectivity index (χ4n) is 3.12. The smallest absolute Gasteiger partial charge is 0.467 e. The van der Waals surface area contributed by atoms with Crippen LogP contribution in [0.4, 0.5) is 13.2 Å². The van der Waals surface area contributed by atoms with E-state index >= 15 is 0 Å². The van der Waals surface area contributed by atoms with Crippen LogP contribution in [0.2, 0.25) is 0 Å². The van der Waals surface area contributed by atoms with Crippen LogP contribution < -0.4 is 0 Å². The van der Waals surface area contributed by atoms with Crippen LogP contribution in [0.25, 0.3) is 0 Å². The number of nitrogens with zero attached hydrogens (tertiary/aromatic N) is 1. The van der Waals surface area contributed by atoms with Crippen LogP contribution in [0.15, 0.2) is 28.7 Å². The predicted molar refractivity (Wildman–Crippen MR) is 84.0 cm³/mol. The van der Waals surface area contributed by atoms with E-state index in [0.717, 1.165) is 11.6 Å². The third kappa shape index (κ3) is 3.74. The van der Waals surface area contributed by atoms with Gasteiger partial charge in [0.25, 0.3) is 0 Å². The minimum Gasteiger partial charge on any atom is -0.467 e. The average molecular weight is 408 g/mol. The first-order chi connectivity index (χ1) is 11.2. The quantitative estimate of drug-likeness (QED) is 0.699. The van der Waals surface area contributed by atoms with E-state index in [4.69, 9.17) is 0 Å². The summed E-state index contributed by atoms with van der Waals surface area (Å²) >= 11 is 3.27. The summed E-state index contributed by atoms with van der Waals surface area (Å²) in [7, 11) is 1.10. The molecule has 0 spiro atoms. The minimum absolute atomic E-state index is 0.142. The number of carbonyl (C=O) groups excluding carboxylic acids is 2. The fourth-order valence-corrected chi connectivity index (χ4v) is 3.38. The lowest BCUT2D eigenvalue weighted by molar-refractivity contribution is -0.197. The molecule has 1 fully saturated rings. The zero-order chi connectivity index (χ0) is 18.1. The summed E-state index contributed by atoms with van der Waals surface area (Å²) in [5.41, 5.74) is 0.553. The average Bonchev–Trinajstić information content (AvgIpc) is 2.53. The molecule has 2 rings (SSSR count). The molecule has 0 bridgehead atoms. The molecule has 1 heterocycles. The van der Waals surface area contributed by atoms with Crippen molar-refractivity contribution in [3.63, 3.8) is 0 Å². The van der Waals surface area contributed by atoms with Crippen LogP contribution in [0.3, 0.4) is 0 Å². The molecule has 0 N–H and O–H groups in total. The number of rotatable bonds is 2. The molecular weight excluding hydrogens is 391 g/mol. The number of alkyl halides is 3. The summed E-state index contributed by atoms with van der Waals surface area (Å²) in [4.78, 5) is 24.6. The Kier molecular flexibility index (Phi) is 5.57.